The van der Waals surface area contributed by atoms with Gasteiger partial charge in [-0.2, -0.15) is 0 Å². The van der Waals surface area contributed by atoms with Crippen LogP contribution in [0.1, 0.15) is 29.9 Å². The molecule has 0 radical (unpaired) electrons. The quantitative estimate of drug-likeness (QED) is 0.852. The molecule has 3 aliphatic rings. The fourth-order valence-corrected chi connectivity index (χ4v) is 3.70. The van der Waals surface area contributed by atoms with Crippen molar-refractivity contribution in [3.05, 3.63) is 17.1 Å². The molecule has 0 bridgehead atoms. The normalized spacial score (nSPS) is 29.0. The summed E-state index contributed by atoms with van der Waals surface area (Å²) in [5.41, 5.74) is 2.37. The van der Waals surface area contributed by atoms with E-state index in [9.17, 15) is 0 Å². The fourth-order valence-electron chi connectivity index (χ4n) is 3.70. The van der Waals surface area contributed by atoms with Crippen molar-refractivity contribution in [2.45, 2.75) is 44.9 Å². The molecule has 3 aliphatic heterocycles. The highest BCUT2D eigenvalue weighted by Gasteiger charge is 2.35. The number of hydrogen-bond acceptors (Lipinski definition) is 6. The van der Waals surface area contributed by atoms with Gasteiger partial charge >= 0.3 is 0 Å². The van der Waals surface area contributed by atoms with Crippen LogP contribution in [0.2, 0.25) is 0 Å². The van der Waals surface area contributed by atoms with Crippen molar-refractivity contribution in [3.63, 3.8) is 0 Å². The lowest BCUT2D eigenvalue weighted by Crippen LogP contribution is -2.45. The summed E-state index contributed by atoms with van der Waals surface area (Å²) < 4.78 is 5.74. The van der Waals surface area contributed by atoms with E-state index in [1.807, 2.05) is 6.92 Å². The Labute approximate surface area is 125 Å². The molecule has 0 amide bonds. The maximum Gasteiger partial charge on any atom is 0.134 e. The van der Waals surface area contributed by atoms with Crippen LogP contribution in [-0.4, -0.2) is 53.3 Å². The number of nitrogens with one attached hydrogen (secondary N) is 2. The van der Waals surface area contributed by atoms with Gasteiger partial charge in [-0.15, -0.1) is 0 Å². The lowest BCUT2D eigenvalue weighted by atomic mass is 10.1. The molecule has 0 aromatic carbocycles. The fraction of sp³-hybridized carbons (Fsp3) is 0.733. The molecule has 4 heterocycles. The lowest BCUT2D eigenvalue weighted by molar-refractivity contribution is 0.159. The molecule has 4 rings (SSSR count). The van der Waals surface area contributed by atoms with Crippen molar-refractivity contribution < 1.29 is 4.74 Å². The van der Waals surface area contributed by atoms with Gasteiger partial charge in [0.15, 0.2) is 0 Å². The highest BCUT2D eigenvalue weighted by atomic mass is 16.5. The Hall–Kier alpha value is -1.24. The SMILES string of the molecule is Cc1nc2c(c(N[C@H]3COC[C@@H]3N3CCCC3)n1)CNC2. The topological polar surface area (TPSA) is 62.3 Å². The molecule has 2 saturated heterocycles. The zero-order valence-electron chi connectivity index (χ0n) is 12.6. The maximum atomic E-state index is 5.74. The first-order chi connectivity index (χ1) is 10.3. The van der Waals surface area contributed by atoms with E-state index in [1.165, 1.54) is 31.5 Å². The third kappa shape index (κ3) is 2.52. The average Bonchev–Trinajstić information content (AvgIpc) is 3.18. The van der Waals surface area contributed by atoms with Gasteiger partial charge < -0.3 is 15.4 Å². The number of nitrogens with zero attached hydrogens (tertiary/aromatic N) is 3. The molecule has 2 atom stereocenters. The van der Waals surface area contributed by atoms with E-state index in [0.29, 0.717) is 12.1 Å². The highest BCUT2D eigenvalue weighted by molar-refractivity contribution is 5.49. The Morgan fingerprint density at radius 2 is 2.05 bits per heavy atom. The van der Waals surface area contributed by atoms with Crippen molar-refractivity contribution in [2.75, 3.05) is 31.6 Å². The smallest absolute Gasteiger partial charge is 0.134 e. The van der Waals surface area contributed by atoms with E-state index >= 15 is 0 Å². The van der Waals surface area contributed by atoms with Crippen LogP contribution in [0.5, 0.6) is 0 Å². The molecule has 1 aromatic rings. The Morgan fingerprint density at radius 3 is 2.90 bits per heavy atom. The van der Waals surface area contributed by atoms with Gasteiger partial charge in [0.25, 0.3) is 0 Å². The van der Waals surface area contributed by atoms with E-state index in [2.05, 4.69) is 25.5 Å². The number of likely N-dealkylation sites (tertiary alicyclic amines) is 1. The van der Waals surface area contributed by atoms with Crippen LogP contribution in [-0.2, 0) is 17.8 Å². The molecule has 6 nitrogen and oxygen atoms in total. The molecule has 0 saturated carbocycles. The number of hydrogen-bond donors (Lipinski definition) is 2. The number of ether oxygens (including phenoxy) is 1. The number of aromatic nitrogens is 2. The minimum Gasteiger partial charge on any atom is -0.378 e. The third-order valence-corrected chi connectivity index (χ3v) is 4.78. The second-order valence-corrected chi connectivity index (χ2v) is 6.25. The molecule has 114 valence electrons. The molecule has 6 heteroatoms. The molecule has 2 N–H and O–H groups in total. The van der Waals surface area contributed by atoms with Crippen LogP contribution in [0, 0.1) is 6.92 Å². The van der Waals surface area contributed by atoms with Crippen molar-refractivity contribution >= 4 is 5.82 Å². The largest absolute Gasteiger partial charge is 0.378 e. The van der Waals surface area contributed by atoms with Crippen LogP contribution in [0.4, 0.5) is 5.82 Å². The van der Waals surface area contributed by atoms with Crippen LogP contribution >= 0.6 is 0 Å². The third-order valence-electron chi connectivity index (χ3n) is 4.78. The van der Waals surface area contributed by atoms with E-state index in [1.54, 1.807) is 0 Å². The monoisotopic (exact) mass is 289 g/mol. The van der Waals surface area contributed by atoms with Crippen LogP contribution in [0.15, 0.2) is 0 Å². The molecule has 0 spiro atoms. The average molecular weight is 289 g/mol. The molecule has 21 heavy (non-hydrogen) atoms. The summed E-state index contributed by atoms with van der Waals surface area (Å²) in [5.74, 6) is 1.85. The van der Waals surface area contributed by atoms with Crippen LogP contribution in [0.3, 0.4) is 0 Å². The standard InChI is InChI=1S/C15H23N5O/c1-10-17-12-7-16-6-11(12)15(18-10)19-13-8-21-9-14(13)20-4-2-3-5-20/h13-14,16H,2-9H2,1H3,(H,17,18,19)/t13-,14-/m0/s1. The van der Waals surface area contributed by atoms with Crippen LogP contribution < -0.4 is 10.6 Å². The van der Waals surface area contributed by atoms with Gasteiger partial charge in [0.2, 0.25) is 0 Å². The summed E-state index contributed by atoms with van der Waals surface area (Å²) in [6, 6.07) is 0.815. The zero-order valence-corrected chi connectivity index (χ0v) is 12.6. The first-order valence-corrected chi connectivity index (χ1v) is 7.97. The number of aryl methyl sites for hydroxylation is 1. The minimum atomic E-state index is 0.335. The van der Waals surface area contributed by atoms with Gasteiger partial charge in [-0.3, -0.25) is 4.90 Å². The first-order valence-electron chi connectivity index (χ1n) is 7.97. The van der Waals surface area contributed by atoms with E-state index in [0.717, 1.165) is 43.6 Å². The Morgan fingerprint density at radius 1 is 1.19 bits per heavy atom. The molecular weight excluding hydrogens is 266 g/mol. The van der Waals surface area contributed by atoms with Gasteiger partial charge in [-0.1, -0.05) is 0 Å². The molecular formula is C15H23N5O. The van der Waals surface area contributed by atoms with E-state index in [-0.39, 0.29) is 0 Å². The number of anilines is 1. The number of fused-ring (bicyclic) bond motifs is 1. The zero-order chi connectivity index (χ0) is 14.2. The first kappa shape index (κ1) is 13.4. The summed E-state index contributed by atoms with van der Waals surface area (Å²) in [6.45, 7) is 7.69. The van der Waals surface area contributed by atoms with Crippen molar-refractivity contribution in [1.29, 1.82) is 0 Å². The second-order valence-electron chi connectivity index (χ2n) is 6.25. The molecule has 2 fully saturated rings. The van der Waals surface area contributed by atoms with Gasteiger partial charge in [0, 0.05) is 18.7 Å². The highest BCUT2D eigenvalue weighted by Crippen LogP contribution is 2.25. The predicted molar refractivity (Wildman–Crippen MR) is 80.1 cm³/mol. The Kier molecular flexibility index (Phi) is 3.52. The van der Waals surface area contributed by atoms with Gasteiger partial charge in [0.05, 0.1) is 31.0 Å². The van der Waals surface area contributed by atoms with Crippen molar-refractivity contribution in [2.24, 2.45) is 0 Å². The Bertz CT molecular complexity index is 529. The van der Waals surface area contributed by atoms with Gasteiger partial charge in [-0.05, 0) is 32.9 Å². The van der Waals surface area contributed by atoms with E-state index < -0.39 is 0 Å². The summed E-state index contributed by atoms with van der Waals surface area (Å²) in [4.78, 5) is 11.7. The van der Waals surface area contributed by atoms with Crippen molar-refractivity contribution in [3.8, 4) is 0 Å². The summed E-state index contributed by atoms with van der Waals surface area (Å²) >= 11 is 0. The van der Waals surface area contributed by atoms with Crippen LogP contribution in [0.25, 0.3) is 0 Å². The summed E-state index contributed by atoms with van der Waals surface area (Å²) in [7, 11) is 0. The molecule has 1 aromatic heterocycles. The van der Waals surface area contributed by atoms with E-state index in [4.69, 9.17) is 4.74 Å². The maximum absolute atomic E-state index is 5.74. The molecule has 0 unspecified atom stereocenters. The summed E-state index contributed by atoms with van der Waals surface area (Å²) in [6.07, 6.45) is 2.63. The second kappa shape index (κ2) is 5.51. The van der Waals surface area contributed by atoms with Gasteiger partial charge in [0.1, 0.15) is 11.6 Å². The summed E-state index contributed by atoms with van der Waals surface area (Å²) in [5, 5.41) is 7.01. The lowest BCUT2D eigenvalue weighted by Gasteiger charge is -2.28. The molecule has 0 aliphatic carbocycles. The predicted octanol–water partition coefficient (Wildman–Crippen LogP) is 0.663. The van der Waals surface area contributed by atoms with Gasteiger partial charge in [-0.25, -0.2) is 9.97 Å². The Balaban J connectivity index is 1.55. The number of rotatable bonds is 3. The minimum absolute atomic E-state index is 0.335. The van der Waals surface area contributed by atoms with Crippen molar-refractivity contribution in [1.82, 2.24) is 20.2 Å².